The zero-order chi connectivity index (χ0) is 23.9. The molecule has 0 aliphatic heterocycles. The van der Waals surface area contributed by atoms with Gasteiger partial charge < -0.3 is 14.8 Å². The number of amides is 2. The number of methoxy groups -OCH3 is 1. The molecule has 0 spiro atoms. The number of pyridine rings is 1. The van der Waals surface area contributed by atoms with Crippen LogP contribution in [0.15, 0.2) is 78.0 Å². The van der Waals surface area contributed by atoms with Crippen LogP contribution in [0.3, 0.4) is 0 Å². The quantitative estimate of drug-likeness (QED) is 0.311. The minimum atomic E-state index is -0.352. The summed E-state index contributed by atoms with van der Waals surface area (Å²) in [5.41, 5.74) is 5.69. The van der Waals surface area contributed by atoms with E-state index in [0.717, 1.165) is 5.56 Å². The lowest BCUT2D eigenvalue weighted by molar-refractivity contribution is -0.118. The number of rotatable bonds is 8. The standard InChI is InChI=1S/C25H23N5O4/c1-17-24(30-14-4-3-5-22(30)27-17)25(32)29-26-15-18-6-10-21(11-7-18)34-16-23(31)28-19-8-12-20(33-2)13-9-19/h3-15H,16H2,1-2H3,(H,28,31)(H,29,32)/b26-15-. The lowest BCUT2D eigenvalue weighted by atomic mass is 10.2. The zero-order valence-electron chi connectivity index (χ0n) is 18.7. The predicted molar refractivity (Wildman–Crippen MR) is 129 cm³/mol. The van der Waals surface area contributed by atoms with Crippen LogP contribution in [-0.2, 0) is 4.79 Å². The third kappa shape index (κ3) is 5.39. The van der Waals surface area contributed by atoms with Gasteiger partial charge in [0, 0.05) is 11.9 Å². The van der Waals surface area contributed by atoms with Crippen molar-refractivity contribution in [2.45, 2.75) is 6.92 Å². The Morgan fingerprint density at radius 1 is 1.03 bits per heavy atom. The van der Waals surface area contributed by atoms with Gasteiger partial charge in [-0.1, -0.05) is 6.07 Å². The van der Waals surface area contributed by atoms with Crippen molar-refractivity contribution in [2.75, 3.05) is 19.0 Å². The molecule has 0 radical (unpaired) electrons. The Hall–Kier alpha value is -4.66. The second-order valence-corrected chi connectivity index (χ2v) is 7.31. The van der Waals surface area contributed by atoms with Gasteiger partial charge in [0.15, 0.2) is 6.61 Å². The van der Waals surface area contributed by atoms with Crippen LogP contribution in [0, 0.1) is 6.92 Å². The van der Waals surface area contributed by atoms with Gasteiger partial charge in [0.2, 0.25) is 0 Å². The van der Waals surface area contributed by atoms with E-state index in [-0.39, 0.29) is 18.4 Å². The van der Waals surface area contributed by atoms with Crippen LogP contribution >= 0.6 is 0 Å². The van der Waals surface area contributed by atoms with E-state index >= 15 is 0 Å². The van der Waals surface area contributed by atoms with E-state index in [0.29, 0.717) is 34.2 Å². The number of carbonyl (C=O) groups excluding carboxylic acids is 2. The molecule has 172 valence electrons. The molecule has 0 saturated carbocycles. The van der Waals surface area contributed by atoms with E-state index in [2.05, 4.69) is 20.8 Å². The maximum Gasteiger partial charge on any atom is 0.290 e. The summed E-state index contributed by atoms with van der Waals surface area (Å²) in [7, 11) is 1.58. The largest absolute Gasteiger partial charge is 0.497 e. The number of ether oxygens (including phenoxy) is 2. The minimum absolute atomic E-state index is 0.131. The highest BCUT2D eigenvalue weighted by molar-refractivity contribution is 5.95. The predicted octanol–water partition coefficient (Wildman–Crippen LogP) is 3.43. The van der Waals surface area contributed by atoms with Gasteiger partial charge in [-0.25, -0.2) is 10.4 Å². The van der Waals surface area contributed by atoms with Crippen molar-refractivity contribution in [1.29, 1.82) is 0 Å². The number of fused-ring (bicyclic) bond motifs is 1. The van der Waals surface area contributed by atoms with Gasteiger partial charge in [0.05, 0.1) is 19.0 Å². The van der Waals surface area contributed by atoms with E-state index in [4.69, 9.17) is 9.47 Å². The van der Waals surface area contributed by atoms with Gasteiger partial charge >= 0.3 is 0 Å². The second kappa shape index (κ2) is 10.3. The SMILES string of the molecule is COc1ccc(NC(=O)COc2ccc(/C=N\NC(=O)c3c(C)nc4ccccn34)cc2)cc1. The van der Waals surface area contributed by atoms with Crippen LogP contribution in [0.1, 0.15) is 21.7 Å². The average Bonchev–Trinajstić information content (AvgIpc) is 3.19. The minimum Gasteiger partial charge on any atom is -0.497 e. The highest BCUT2D eigenvalue weighted by atomic mass is 16.5. The fourth-order valence-electron chi connectivity index (χ4n) is 3.28. The molecule has 0 aliphatic carbocycles. The number of nitrogens with zero attached hydrogens (tertiary/aromatic N) is 3. The monoisotopic (exact) mass is 457 g/mol. The smallest absolute Gasteiger partial charge is 0.290 e. The zero-order valence-corrected chi connectivity index (χ0v) is 18.7. The first-order valence-electron chi connectivity index (χ1n) is 10.5. The van der Waals surface area contributed by atoms with Gasteiger partial charge in [-0.05, 0) is 73.2 Å². The maximum atomic E-state index is 12.5. The molecule has 2 heterocycles. The molecule has 9 heteroatoms. The van der Waals surface area contributed by atoms with E-state index < -0.39 is 0 Å². The average molecular weight is 457 g/mol. The molecule has 34 heavy (non-hydrogen) atoms. The maximum absolute atomic E-state index is 12.5. The molecule has 4 rings (SSSR count). The molecule has 0 bridgehead atoms. The van der Waals surface area contributed by atoms with Crippen molar-refractivity contribution in [3.8, 4) is 11.5 Å². The van der Waals surface area contributed by atoms with Crippen molar-refractivity contribution < 1.29 is 19.1 Å². The van der Waals surface area contributed by atoms with Crippen molar-refractivity contribution in [3.63, 3.8) is 0 Å². The van der Waals surface area contributed by atoms with Crippen molar-refractivity contribution in [2.24, 2.45) is 5.10 Å². The summed E-state index contributed by atoms with van der Waals surface area (Å²) >= 11 is 0. The molecule has 4 aromatic rings. The molecular weight excluding hydrogens is 434 g/mol. The van der Waals surface area contributed by atoms with Crippen molar-refractivity contribution >= 4 is 29.4 Å². The first kappa shape index (κ1) is 22.5. The van der Waals surface area contributed by atoms with E-state index in [1.54, 1.807) is 73.2 Å². The van der Waals surface area contributed by atoms with Crippen LogP contribution in [0.5, 0.6) is 11.5 Å². The molecule has 0 fully saturated rings. The second-order valence-electron chi connectivity index (χ2n) is 7.31. The topological polar surface area (TPSA) is 106 Å². The molecule has 2 amide bonds. The number of hydrazone groups is 1. The van der Waals surface area contributed by atoms with Crippen molar-refractivity contribution in [1.82, 2.24) is 14.8 Å². The normalized spacial score (nSPS) is 10.9. The van der Waals surface area contributed by atoms with Gasteiger partial charge in [0.1, 0.15) is 22.8 Å². The van der Waals surface area contributed by atoms with Gasteiger partial charge in [-0.3, -0.25) is 14.0 Å². The van der Waals surface area contributed by atoms with Gasteiger partial charge in [0.25, 0.3) is 11.8 Å². The summed E-state index contributed by atoms with van der Waals surface area (Å²) < 4.78 is 12.3. The van der Waals surface area contributed by atoms with E-state index in [9.17, 15) is 9.59 Å². The van der Waals surface area contributed by atoms with Crippen LogP contribution in [0.2, 0.25) is 0 Å². The molecule has 9 nitrogen and oxygen atoms in total. The summed E-state index contributed by atoms with van der Waals surface area (Å²) in [5, 5.41) is 6.78. The van der Waals surface area contributed by atoms with Crippen LogP contribution in [-0.4, -0.2) is 41.1 Å². The molecule has 2 aromatic heterocycles. The number of aromatic nitrogens is 2. The Morgan fingerprint density at radius 2 is 1.76 bits per heavy atom. The number of aryl methyl sites for hydroxylation is 1. The van der Waals surface area contributed by atoms with Crippen molar-refractivity contribution in [3.05, 3.63) is 89.9 Å². The lowest BCUT2D eigenvalue weighted by Gasteiger charge is -2.08. The molecule has 0 atom stereocenters. The molecule has 2 aromatic carbocycles. The Kier molecular flexibility index (Phi) is 6.83. The molecule has 0 aliphatic rings. The number of hydrogen-bond acceptors (Lipinski definition) is 6. The highest BCUT2D eigenvalue weighted by Gasteiger charge is 2.15. The summed E-state index contributed by atoms with van der Waals surface area (Å²) in [6.07, 6.45) is 3.31. The first-order valence-corrected chi connectivity index (χ1v) is 10.5. The van der Waals surface area contributed by atoms with E-state index in [1.165, 1.54) is 6.21 Å². The fraction of sp³-hybridized carbons (Fsp3) is 0.120. The number of benzene rings is 2. The summed E-state index contributed by atoms with van der Waals surface area (Å²) in [5.74, 6) is 0.617. The number of carbonyl (C=O) groups is 2. The number of hydrogen-bond donors (Lipinski definition) is 2. The molecule has 0 unspecified atom stereocenters. The van der Waals surface area contributed by atoms with Gasteiger partial charge in [-0.2, -0.15) is 5.10 Å². The van der Waals surface area contributed by atoms with Crippen LogP contribution < -0.4 is 20.2 Å². The third-order valence-corrected chi connectivity index (χ3v) is 4.92. The lowest BCUT2D eigenvalue weighted by Crippen LogP contribution is -2.20. The van der Waals surface area contributed by atoms with Crippen LogP contribution in [0.4, 0.5) is 5.69 Å². The summed E-state index contributed by atoms with van der Waals surface area (Å²) in [6, 6.07) is 19.5. The first-order chi connectivity index (χ1) is 16.5. The fourth-order valence-corrected chi connectivity index (χ4v) is 3.28. The number of nitrogens with one attached hydrogen (secondary N) is 2. The Labute approximate surface area is 196 Å². The summed E-state index contributed by atoms with van der Waals surface area (Å²) in [4.78, 5) is 29.0. The molecule has 2 N–H and O–H groups in total. The highest BCUT2D eigenvalue weighted by Crippen LogP contribution is 2.16. The third-order valence-electron chi connectivity index (χ3n) is 4.92. The number of anilines is 1. The Bertz CT molecular complexity index is 1330. The molecular formula is C25H23N5O4. The van der Waals surface area contributed by atoms with E-state index in [1.807, 2.05) is 18.2 Å². The Morgan fingerprint density at radius 3 is 2.50 bits per heavy atom. The Balaban J connectivity index is 1.28. The molecule has 0 saturated heterocycles. The van der Waals surface area contributed by atoms with Gasteiger partial charge in [-0.15, -0.1) is 0 Å². The number of imidazole rings is 1. The van der Waals surface area contributed by atoms with Crippen LogP contribution in [0.25, 0.3) is 5.65 Å². The summed E-state index contributed by atoms with van der Waals surface area (Å²) in [6.45, 7) is 1.65.